The van der Waals surface area contributed by atoms with Crippen LogP contribution in [-0.4, -0.2) is 32.7 Å². The molecule has 144 valence electrons. The monoisotopic (exact) mass is 432 g/mol. The molecular weight excluding hydrogens is 416 g/mol. The number of amides is 2. The van der Waals surface area contributed by atoms with Gasteiger partial charge >= 0.3 is 0 Å². The lowest BCUT2D eigenvalue weighted by atomic mass is 10.1. The van der Waals surface area contributed by atoms with E-state index in [9.17, 15) is 14.7 Å². The van der Waals surface area contributed by atoms with Crippen molar-refractivity contribution in [2.75, 3.05) is 11.9 Å². The Kier molecular flexibility index (Phi) is 6.39. The summed E-state index contributed by atoms with van der Waals surface area (Å²) in [5.41, 5.74) is 2.28. The molecule has 1 saturated heterocycles. The van der Waals surface area contributed by atoms with Crippen LogP contribution in [0.5, 0.6) is 5.75 Å². The van der Waals surface area contributed by atoms with E-state index >= 15 is 0 Å². The highest BCUT2D eigenvalue weighted by Gasteiger charge is 2.32. The quantitative estimate of drug-likeness (QED) is 0.411. The predicted octanol–water partition coefficient (Wildman–Crippen LogP) is 4.58. The lowest BCUT2D eigenvalue weighted by Gasteiger charge is -2.14. The van der Waals surface area contributed by atoms with Gasteiger partial charge in [0.25, 0.3) is 5.91 Å². The average Bonchev–Trinajstić information content (AvgIpc) is 2.91. The zero-order valence-electron chi connectivity index (χ0n) is 14.9. The number of rotatable bonds is 5. The largest absolute Gasteiger partial charge is 0.506 e. The summed E-state index contributed by atoms with van der Waals surface area (Å²) in [4.78, 5) is 26.7. The van der Waals surface area contributed by atoms with Crippen LogP contribution in [0.1, 0.15) is 17.5 Å². The molecule has 0 bridgehead atoms. The number of aromatic hydroxyl groups is 1. The number of nitrogens with one attached hydrogen (secondary N) is 1. The number of hydrogen-bond acceptors (Lipinski definition) is 5. The van der Waals surface area contributed by atoms with Crippen LogP contribution in [0.15, 0.2) is 47.4 Å². The number of thioether (sulfide) groups is 1. The van der Waals surface area contributed by atoms with E-state index in [1.165, 1.54) is 34.9 Å². The molecule has 0 spiro atoms. The molecule has 1 aliphatic heterocycles. The number of phenolic OH excluding ortho intramolecular Hbond substituents is 1. The van der Waals surface area contributed by atoms with Gasteiger partial charge in [0.2, 0.25) is 5.91 Å². The third-order valence-electron chi connectivity index (χ3n) is 4.04. The molecular formula is C20H17ClN2O3S2. The van der Waals surface area contributed by atoms with Gasteiger partial charge < -0.3 is 10.4 Å². The first-order chi connectivity index (χ1) is 13.3. The van der Waals surface area contributed by atoms with Crippen LogP contribution in [-0.2, 0) is 9.59 Å². The minimum atomic E-state index is -0.353. The molecule has 2 amide bonds. The first kappa shape index (κ1) is 20.4. The molecule has 2 N–H and O–H groups in total. The molecule has 8 heteroatoms. The summed E-state index contributed by atoms with van der Waals surface area (Å²) in [7, 11) is 0. The standard InChI is InChI=1S/C20H17ClN2O3S2/c1-12-2-4-13(5-3-12)10-17-19(26)23(20(27)28-17)9-8-18(25)22-15-11-14(21)6-7-16(15)24/h2-7,10-11,24H,8-9H2,1H3,(H,22,25). The van der Waals surface area contributed by atoms with E-state index in [1.807, 2.05) is 31.2 Å². The van der Waals surface area contributed by atoms with Gasteiger partial charge in [-0.05, 0) is 36.8 Å². The number of nitrogens with zero attached hydrogens (tertiary/aromatic N) is 1. The van der Waals surface area contributed by atoms with Crippen LogP contribution in [0, 0.1) is 6.92 Å². The second kappa shape index (κ2) is 8.77. The van der Waals surface area contributed by atoms with Crippen LogP contribution < -0.4 is 5.32 Å². The number of anilines is 1. The van der Waals surface area contributed by atoms with Crippen LogP contribution in [0.2, 0.25) is 5.02 Å². The topological polar surface area (TPSA) is 69.6 Å². The first-order valence-corrected chi connectivity index (χ1v) is 10.0. The fraction of sp³-hybridized carbons (Fsp3) is 0.150. The molecule has 0 saturated carbocycles. The lowest BCUT2D eigenvalue weighted by Crippen LogP contribution is -2.31. The molecule has 0 aromatic heterocycles. The minimum absolute atomic E-state index is 0.0379. The van der Waals surface area contributed by atoms with Gasteiger partial charge in [0, 0.05) is 18.0 Å². The van der Waals surface area contributed by atoms with Crippen LogP contribution in [0.3, 0.4) is 0 Å². The second-order valence-electron chi connectivity index (χ2n) is 6.20. The Bertz CT molecular complexity index is 974. The molecule has 3 rings (SSSR count). The number of hydrogen-bond donors (Lipinski definition) is 2. The Morgan fingerprint density at radius 2 is 2.00 bits per heavy atom. The van der Waals surface area contributed by atoms with Crippen molar-refractivity contribution in [1.82, 2.24) is 4.90 Å². The number of thiocarbonyl (C=S) groups is 1. The maximum absolute atomic E-state index is 12.6. The Labute approximate surface area is 177 Å². The fourth-order valence-electron chi connectivity index (χ4n) is 2.54. The molecule has 1 heterocycles. The summed E-state index contributed by atoms with van der Waals surface area (Å²) in [5, 5.41) is 12.7. The summed E-state index contributed by atoms with van der Waals surface area (Å²) >= 11 is 12.4. The fourth-order valence-corrected chi connectivity index (χ4v) is 4.02. The smallest absolute Gasteiger partial charge is 0.266 e. The molecule has 5 nitrogen and oxygen atoms in total. The van der Waals surface area contributed by atoms with Gasteiger partial charge in [-0.1, -0.05) is 65.4 Å². The number of carbonyl (C=O) groups is 2. The maximum Gasteiger partial charge on any atom is 0.266 e. The van der Waals surface area contributed by atoms with E-state index in [0.29, 0.717) is 14.2 Å². The minimum Gasteiger partial charge on any atom is -0.506 e. The maximum atomic E-state index is 12.6. The molecule has 28 heavy (non-hydrogen) atoms. The summed E-state index contributed by atoms with van der Waals surface area (Å²) in [6, 6.07) is 12.2. The van der Waals surface area contributed by atoms with Crippen molar-refractivity contribution in [2.45, 2.75) is 13.3 Å². The molecule has 2 aromatic rings. The molecule has 1 aliphatic rings. The van der Waals surface area contributed by atoms with E-state index in [1.54, 1.807) is 6.08 Å². The van der Waals surface area contributed by atoms with Gasteiger partial charge in [0.05, 0.1) is 10.6 Å². The van der Waals surface area contributed by atoms with E-state index < -0.39 is 0 Å². The highest BCUT2D eigenvalue weighted by molar-refractivity contribution is 8.26. The Morgan fingerprint density at radius 1 is 1.29 bits per heavy atom. The normalized spacial score (nSPS) is 15.4. The molecule has 1 fully saturated rings. The first-order valence-electron chi connectivity index (χ1n) is 8.44. The Morgan fingerprint density at radius 3 is 2.71 bits per heavy atom. The predicted molar refractivity (Wildman–Crippen MR) is 117 cm³/mol. The van der Waals surface area contributed by atoms with Crippen LogP contribution in [0.4, 0.5) is 5.69 Å². The zero-order valence-corrected chi connectivity index (χ0v) is 17.3. The van der Waals surface area contributed by atoms with Crippen molar-refractivity contribution < 1.29 is 14.7 Å². The summed E-state index contributed by atoms with van der Waals surface area (Å²) in [6.45, 7) is 2.15. The molecule has 0 aliphatic carbocycles. The van der Waals surface area contributed by atoms with Crippen molar-refractivity contribution in [2.24, 2.45) is 0 Å². The van der Waals surface area contributed by atoms with Crippen molar-refractivity contribution in [3.05, 3.63) is 63.5 Å². The average molecular weight is 433 g/mol. The molecule has 2 aromatic carbocycles. The molecule has 0 atom stereocenters. The lowest BCUT2D eigenvalue weighted by molar-refractivity contribution is -0.122. The van der Waals surface area contributed by atoms with E-state index in [4.69, 9.17) is 23.8 Å². The number of halogens is 1. The summed E-state index contributed by atoms with van der Waals surface area (Å²) in [5.74, 6) is -0.646. The number of aryl methyl sites for hydroxylation is 1. The summed E-state index contributed by atoms with van der Waals surface area (Å²) < 4.78 is 0.418. The van der Waals surface area contributed by atoms with Gasteiger partial charge in [-0.2, -0.15) is 0 Å². The van der Waals surface area contributed by atoms with Gasteiger partial charge in [-0.15, -0.1) is 0 Å². The van der Waals surface area contributed by atoms with Gasteiger partial charge in [0.15, 0.2) is 0 Å². The highest BCUT2D eigenvalue weighted by Crippen LogP contribution is 2.33. The zero-order chi connectivity index (χ0) is 20.3. The highest BCUT2D eigenvalue weighted by atomic mass is 35.5. The Balaban J connectivity index is 1.62. The number of carbonyl (C=O) groups excluding carboxylic acids is 2. The van der Waals surface area contributed by atoms with Gasteiger partial charge in [-0.25, -0.2) is 0 Å². The van der Waals surface area contributed by atoms with E-state index in [2.05, 4.69) is 5.32 Å². The second-order valence-corrected chi connectivity index (χ2v) is 8.32. The van der Waals surface area contributed by atoms with Crippen LogP contribution >= 0.6 is 35.6 Å². The third-order valence-corrected chi connectivity index (χ3v) is 5.66. The van der Waals surface area contributed by atoms with Gasteiger partial charge in [-0.3, -0.25) is 14.5 Å². The van der Waals surface area contributed by atoms with E-state index in [0.717, 1.165) is 11.1 Å². The number of benzene rings is 2. The third kappa shape index (κ3) is 4.92. The molecule has 0 unspecified atom stereocenters. The van der Waals surface area contributed by atoms with Crippen molar-refractivity contribution >= 4 is 63.5 Å². The number of phenols is 1. The summed E-state index contributed by atoms with van der Waals surface area (Å²) in [6.07, 6.45) is 1.83. The Hall–Kier alpha value is -2.35. The van der Waals surface area contributed by atoms with Crippen molar-refractivity contribution in [1.29, 1.82) is 0 Å². The van der Waals surface area contributed by atoms with Crippen molar-refractivity contribution in [3.8, 4) is 5.75 Å². The SMILES string of the molecule is Cc1ccc(C=C2SC(=S)N(CCC(=O)Nc3cc(Cl)ccc3O)C2=O)cc1. The van der Waals surface area contributed by atoms with Gasteiger partial charge in [0.1, 0.15) is 10.1 Å². The van der Waals surface area contributed by atoms with Crippen LogP contribution in [0.25, 0.3) is 6.08 Å². The van der Waals surface area contributed by atoms with Crippen molar-refractivity contribution in [3.63, 3.8) is 0 Å². The van der Waals surface area contributed by atoms with E-state index in [-0.39, 0.29) is 36.2 Å². The molecule has 0 radical (unpaired) electrons.